The monoisotopic (exact) mass is 298 g/mol. The maximum absolute atomic E-state index is 12.6. The van der Waals surface area contributed by atoms with Crippen molar-refractivity contribution in [1.82, 2.24) is 20.2 Å². The number of aromatic nitrogens is 2. The van der Waals surface area contributed by atoms with E-state index in [9.17, 15) is 4.79 Å². The first-order valence-corrected chi connectivity index (χ1v) is 8.06. The van der Waals surface area contributed by atoms with E-state index in [1.165, 1.54) is 12.8 Å². The van der Waals surface area contributed by atoms with Gasteiger partial charge in [-0.1, -0.05) is 12.1 Å². The van der Waals surface area contributed by atoms with Crippen molar-refractivity contribution in [1.29, 1.82) is 0 Å². The van der Waals surface area contributed by atoms with Gasteiger partial charge in [-0.15, -0.1) is 0 Å². The summed E-state index contributed by atoms with van der Waals surface area (Å²) in [6, 6.07) is 7.92. The molecule has 4 heterocycles. The second kappa shape index (κ2) is 4.81. The molecule has 0 aliphatic carbocycles. The van der Waals surface area contributed by atoms with Gasteiger partial charge in [0.15, 0.2) is 5.82 Å². The summed E-state index contributed by atoms with van der Waals surface area (Å²) in [5.74, 6) is 0.893. The summed E-state index contributed by atoms with van der Waals surface area (Å²) < 4.78 is 0. The zero-order chi connectivity index (χ0) is 15.3. The van der Waals surface area contributed by atoms with E-state index in [0.29, 0.717) is 11.7 Å². The van der Waals surface area contributed by atoms with Gasteiger partial charge in [-0.05, 0) is 57.8 Å². The normalized spacial score (nSPS) is 29.6. The highest BCUT2D eigenvalue weighted by atomic mass is 16.2. The second-order valence-electron chi connectivity index (χ2n) is 7.03. The zero-order valence-corrected chi connectivity index (χ0v) is 13.1. The van der Waals surface area contributed by atoms with Crippen LogP contribution in [0.4, 0.5) is 0 Å². The Hall–Kier alpha value is -1.88. The largest absolute Gasteiger partial charge is 0.345 e. The highest BCUT2D eigenvalue weighted by Gasteiger charge is 2.48. The maximum atomic E-state index is 12.6. The molecule has 3 fully saturated rings. The summed E-state index contributed by atoms with van der Waals surface area (Å²) in [7, 11) is 0. The summed E-state index contributed by atoms with van der Waals surface area (Å²) in [6.07, 6.45) is 2.35. The van der Waals surface area contributed by atoms with E-state index < -0.39 is 0 Å². The molecule has 0 spiro atoms. The Balaban J connectivity index is 1.58. The van der Waals surface area contributed by atoms with Gasteiger partial charge in [-0.3, -0.25) is 9.69 Å². The standard InChI is InChI=1S/C17H22N4O/c1-17(2)14(11-7-9-21(17)10-8-11)20-16(22)15-18-12-5-3-4-6-13(12)19-15/h3-6,11,14H,7-10H2,1-2H3,(H,18,19)(H,20,22)/t14-/m0/s1. The number of aromatic amines is 1. The first kappa shape index (κ1) is 13.8. The summed E-state index contributed by atoms with van der Waals surface area (Å²) in [6.45, 7) is 6.77. The van der Waals surface area contributed by atoms with Gasteiger partial charge >= 0.3 is 0 Å². The van der Waals surface area contributed by atoms with Crippen LogP contribution in [0.25, 0.3) is 11.0 Å². The van der Waals surface area contributed by atoms with E-state index in [4.69, 9.17) is 0 Å². The SMILES string of the molecule is CC1(C)[C@@H](NC(=O)c2nc3ccccc3[nH]2)C2CCN1CC2. The lowest BCUT2D eigenvalue weighted by molar-refractivity contribution is -0.0379. The summed E-state index contributed by atoms with van der Waals surface area (Å²) in [4.78, 5) is 22.6. The number of imidazole rings is 1. The highest BCUT2D eigenvalue weighted by molar-refractivity contribution is 5.94. The molecular formula is C17H22N4O. The molecule has 1 aromatic carbocycles. The smallest absolute Gasteiger partial charge is 0.287 e. The number of amides is 1. The first-order valence-electron chi connectivity index (χ1n) is 8.06. The maximum Gasteiger partial charge on any atom is 0.287 e. The van der Waals surface area contributed by atoms with Crippen LogP contribution in [0.2, 0.25) is 0 Å². The van der Waals surface area contributed by atoms with Crippen LogP contribution in [-0.4, -0.2) is 45.4 Å². The third kappa shape index (κ3) is 2.03. The van der Waals surface area contributed by atoms with Crippen molar-refractivity contribution in [2.45, 2.75) is 38.3 Å². The summed E-state index contributed by atoms with van der Waals surface area (Å²) in [5.41, 5.74) is 1.75. The van der Waals surface area contributed by atoms with E-state index in [0.717, 1.165) is 24.1 Å². The van der Waals surface area contributed by atoms with Crippen molar-refractivity contribution in [3.05, 3.63) is 30.1 Å². The van der Waals surface area contributed by atoms with Gasteiger partial charge in [-0.2, -0.15) is 0 Å². The number of hydrogen-bond acceptors (Lipinski definition) is 3. The predicted octanol–water partition coefficient (Wildman–Crippen LogP) is 2.17. The lowest BCUT2D eigenvalue weighted by Crippen LogP contribution is -2.69. The molecular weight excluding hydrogens is 276 g/mol. The van der Waals surface area contributed by atoms with Crippen LogP contribution >= 0.6 is 0 Å². The molecule has 3 saturated heterocycles. The van der Waals surface area contributed by atoms with E-state index in [1.54, 1.807) is 0 Å². The average molecular weight is 298 g/mol. The molecule has 116 valence electrons. The number of hydrogen-bond donors (Lipinski definition) is 2. The van der Waals surface area contributed by atoms with Crippen LogP contribution in [-0.2, 0) is 0 Å². The lowest BCUT2D eigenvalue weighted by atomic mass is 9.72. The Morgan fingerprint density at radius 1 is 1.32 bits per heavy atom. The molecule has 1 aromatic heterocycles. The van der Waals surface area contributed by atoms with Gasteiger partial charge < -0.3 is 10.3 Å². The van der Waals surface area contributed by atoms with Crippen LogP contribution in [0.3, 0.4) is 0 Å². The van der Waals surface area contributed by atoms with Crippen molar-refractivity contribution in [3.8, 4) is 0 Å². The number of nitrogens with one attached hydrogen (secondary N) is 2. The molecule has 0 saturated carbocycles. The van der Waals surface area contributed by atoms with Crippen molar-refractivity contribution in [2.24, 2.45) is 5.92 Å². The number of benzene rings is 1. The average Bonchev–Trinajstić information content (AvgIpc) is 2.95. The molecule has 2 aromatic rings. The molecule has 1 amide bonds. The number of nitrogens with zero attached hydrogens (tertiary/aromatic N) is 2. The van der Waals surface area contributed by atoms with Crippen LogP contribution < -0.4 is 5.32 Å². The van der Waals surface area contributed by atoms with Gasteiger partial charge in [0.25, 0.3) is 5.91 Å². The fourth-order valence-electron chi connectivity index (χ4n) is 4.15. The van der Waals surface area contributed by atoms with Gasteiger partial charge in [-0.25, -0.2) is 4.98 Å². The highest BCUT2D eigenvalue weighted by Crippen LogP contribution is 2.39. The Morgan fingerprint density at radius 3 is 2.73 bits per heavy atom. The van der Waals surface area contributed by atoms with Crippen molar-refractivity contribution in [3.63, 3.8) is 0 Å². The minimum absolute atomic E-state index is 0.0167. The van der Waals surface area contributed by atoms with E-state index in [1.807, 2.05) is 24.3 Å². The van der Waals surface area contributed by atoms with Crippen molar-refractivity contribution >= 4 is 16.9 Å². The Morgan fingerprint density at radius 2 is 2.05 bits per heavy atom. The summed E-state index contributed by atoms with van der Waals surface area (Å²) in [5, 5.41) is 3.24. The quantitative estimate of drug-likeness (QED) is 0.893. The molecule has 22 heavy (non-hydrogen) atoms. The fraction of sp³-hybridized carbons (Fsp3) is 0.529. The molecule has 3 aliphatic heterocycles. The van der Waals surface area contributed by atoms with Crippen LogP contribution in [0, 0.1) is 5.92 Å². The Kier molecular flexibility index (Phi) is 3.01. The van der Waals surface area contributed by atoms with E-state index in [-0.39, 0.29) is 17.5 Å². The molecule has 2 bridgehead atoms. The van der Waals surface area contributed by atoms with Crippen LogP contribution in [0.5, 0.6) is 0 Å². The lowest BCUT2D eigenvalue weighted by Gasteiger charge is -2.56. The minimum Gasteiger partial charge on any atom is -0.345 e. The van der Waals surface area contributed by atoms with Crippen molar-refractivity contribution in [2.75, 3.05) is 13.1 Å². The molecule has 5 rings (SSSR count). The van der Waals surface area contributed by atoms with Crippen LogP contribution in [0.1, 0.15) is 37.3 Å². The van der Waals surface area contributed by atoms with E-state index >= 15 is 0 Å². The molecule has 0 radical (unpaired) electrons. The number of carbonyl (C=O) groups excluding carboxylic acids is 1. The van der Waals surface area contributed by atoms with Crippen molar-refractivity contribution < 1.29 is 4.79 Å². The predicted molar refractivity (Wildman–Crippen MR) is 85.7 cm³/mol. The second-order valence-corrected chi connectivity index (χ2v) is 7.03. The molecule has 1 atom stereocenters. The first-order chi connectivity index (χ1) is 10.6. The molecule has 5 nitrogen and oxygen atoms in total. The van der Waals surface area contributed by atoms with Gasteiger partial charge in [0.1, 0.15) is 0 Å². The topological polar surface area (TPSA) is 61.0 Å². The molecule has 5 heteroatoms. The number of para-hydroxylation sites is 2. The Labute approximate surface area is 130 Å². The number of fused-ring (bicyclic) bond motifs is 4. The third-order valence-electron chi connectivity index (χ3n) is 5.48. The summed E-state index contributed by atoms with van der Waals surface area (Å²) >= 11 is 0. The van der Waals surface area contributed by atoms with Gasteiger partial charge in [0.2, 0.25) is 0 Å². The zero-order valence-electron chi connectivity index (χ0n) is 13.1. The number of rotatable bonds is 2. The number of carbonyl (C=O) groups is 1. The minimum atomic E-state index is -0.0944. The van der Waals surface area contributed by atoms with E-state index in [2.05, 4.69) is 34.0 Å². The van der Waals surface area contributed by atoms with Crippen LogP contribution in [0.15, 0.2) is 24.3 Å². The fourth-order valence-corrected chi connectivity index (χ4v) is 4.15. The number of piperidine rings is 3. The van der Waals surface area contributed by atoms with Gasteiger partial charge in [0.05, 0.1) is 11.0 Å². The van der Waals surface area contributed by atoms with Gasteiger partial charge in [0, 0.05) is 11.6 Å². The number of H-pyrrole nitrogens is 1. The third-order valence-corrected chi connectivity index (χ3v) is 5.48. The Bertz CT molecular complexity index is 679. The molecule has 2 N–H and O–H groups in total. The molecule has 3 aliphatic rings. The molecule has 0 unspecified atom stereocenters.